The lowest BCUT2D eigenvalue weighted by Gasteiger charge is -2.07. The summed E-state index contributed by atoms with van der Waals surface area (Å²) >= 11 is 0. The lowest BCUT2D eigenvalue weighted by Crippen LogP contribution is -2.04. The minimum Gasteiger partial charge on any atom is -0.508 e. The van der Waals surface area contributed by atoms with Gasteiger partial charge in [-0.25, -0.2) is 5.90 Å². The van der Waals surface area contributed by atoms with E-state index >= 15 is 0 Å². The van der Waals surface area contributed by atoms with Crippen molar-refractivity contribution >= 4 is 0 Å². The fraction of sp³-hybridized carbons (Fsp3) is 0.250. The van der Waals surface area contributed by atoms with E-state index in [1.54, 1.807) is 18.2 Å². The van der Waals surface area contributed by atoms with E-state index in [-0.39, 0.29) is 11.9 Å². The molecule has 1 atom stereocenters. The molecule has 1 rings (SSSR count). The van der Waals surface area contributed by atoms with Crippen molar-refractivity contribution in [2.24, 2.45) is 5.90 Å². The Hall–Kier alpha value is -1.06. The largest absolute Gasteiger partial charge is 0.508 e. The highest BCUT2D eigenvalue weighted by molar-refractivity contribution is 5.28. The van der Waals surface area contributed by atoms with Crippen LogP contribution in [0.5, 0.6) is 5.75 Å². The molecule has 3 heteroatoms. The number of benzene rings is 1. The molecule has 0 bridgehead atoms. The summed E-state index contributed by atoms with van der Waals surface area (Å²) in [6, 6.07) is 6.82. The first kappa shape index (κ1) is 8.04. The van der Waals surface area contributed by atoms with Crippen LogP contribution in [0.3, 0.4) is 0 Å². The van der Waals surface area contributed by atoms with Gasteiger partial charge in [-0.05, 0) is 24.6 Å². The quantitative estimate of drug-likeness (QED) is 0.630. The van der Waals surface area contributed by atoms with Gasteiger partial charge < -0.3 is 5.11 Å². The molecule has 0 fully saturated rings. The van der Waals surface area contributed by atoms with Gasteiger partial charge in [-0.15, -0.1) is 0 Å². The summed E-state index contributed by atoms with van der Waals surface area (Å²) in [5.41, 5.74) is 0.868. The molecular formula is C8H11NO2. The van der Waals surface area contributed by atoms with E-state index in [2.05, 4.69) is 4.84 Å². The molecule has 60 valence electrons. The monoisotopic (exact) mass is 153 g/mol. The predicted octanol–water partition coefficient (Wildman–Crippen LogP) is 1.34. The lowest BCUT2D eigenvalue weighted by atomic mass is 10.1. The zero-order chi connectivity index (χ0) is 8.27. The van der Waals surface area contributed by atoms with Crippen LogP contribution in [0.1, 0.15) is 18.6 Å². The van der Waals surface area contributed by atoms with Gasteiger partial charge in [0.1, 0.15) is 11.9 Å². The van der Waals surface area contributed by atoms with Crippen molar-refractivity contribution in [2.75, 3.05) is 0 Å². The van der Waals surface area contributed by atoms with Gasteiger partial charge in [0.15, 0.2) is 0 Å². The third-order valence-electron chi connectivity index (χ3n) is 1.54. The zero-order valence-corrected chi connectivity index (χ0v) is 6.32. The van der Waals surface area contributed by atoms with Crippen molar-refractivity contribution in [1.29, 1.82) is 0 Å². The van der Waals surface area contributed by atoms with E-state index in [1.807, 2.05) is 13.0 Å². The van der Waals surface area contributed by atoms with Crippen molar-refractivity contribution in [1.82, 2.24) is 0 Å². The highest BCUT2D eigenvalue weighted by Gasteiger charge is 2.03. The van der Waals surface area contributed by atoms with E-state index < -0.39 is 0 Å². The summed E-state index contributed by atoms with van der Waals surface area (Å²) in [4.78, 5) is 4.58. The second-order valence-electron chi connectivity index (χ2n) is 2.37. The van der Waals surface area contributed by atoms with Crippen LogP contribution in [-0.4, -0.2) is 5.11 Å². The average Bonchev–Trinajstić information content (AvgIpc) is 2.03. The van der Waals surface area contributed by atoms with Gasteiger partial charge >= 0.3 is 0 Å². The summed E-state index contributed by atoms with van der Waals surface area (Å²) in [6.45, 7) is 1.81. The maximum Gasteiger partial charge on any atom is 0.115 e. The van der Waals surface area contributed by atoms with E-state index in [0.717, 1.165) is 5.56 Å². The van der Waals surface area contributed by atoms with Gasteiger partial charge in [-0.3, -0.25) is 4.84 Å². The smallest absolute Gasteiger partial charge is 0.115 e. The van der Waals surface area contributed by atoms with E-state index in [0.29, 0.717) is 0 Å². The van der Waals surface area contributed by atoms with Crippen molar-refractivity contribution in [3.8, 4) is 5.75 Å². The van der Waals surface area contributed by atoms with Crippen LogP contribution in [0.4, 0.5) is 0 Å². The Labute approximate surface area is 65.4 Å². The van der Waals surface area contributed by atoms with E-state index in [1.165, 1.54) is 0 Å². The minimum atomic E-state index is -0.179. The topological polar surface area (TPSA) is 55.5 Å². The average molecular weight is 153 g/mol. The normalized spacial score (nSPS) is 12.9. The first-order chi connectivity index (χ1) is 5.24. The standard InChI is InChI=1S/C8H11NO2/c1-6(11-9)7-3-2-4-8(10)5-7/h2-6,10H,9H2,1H3. The Bertz CT molecular complexity index is 237. The molecule has 0 saturated heterocycles. The van der Waals surface area contributed by atoms with Gasteiger partial charge in [0.25, 0.3) is 0 Å². The number of phenolic OH excluding ortho intramolecular Hbond substituents is 1. The van der Waals surface area contributed by atoms with Crippen LogP contribution >= 0.6 is 0 Å². The van der Waals surface area contributed by atoms with Gasteiger partial charge in [-0.2, -0.15) is 0 Å². The summed E-state index contributed by atoms with van der Waals surface area (Å²) < 4.78 is 0. The Morgan fingerprint density at radius 1 is 1.55 bits per heavy atom. The van der Waals surface area contributed by atoms with Crippen LogP contribution in [0, 0.1) is 0 Å². The van der Waals surface area contributed by atoms with Crippen LogP contribution in [0.2, 0.25) is 0 Å². The molecule has 0 amide bonds. The van der Waals surface area contributed by atoms with Crippen molar-refractivity contribution in [2.45, 2.75) is 13.0 Å². The van der Waals surface area contributed by atoms with Crippen LogP contribution in [0.15, 0.2) is 24.3 Å². The summed E-state index contributed by atoms with van der Waals surface area (Å²) in [5.74, 6) is 5.20. The highest BCUT2D eigenvalue weighted by atomic mass is 16.6. The van der Waals surface area contributed by atoms with Crippen LogP contribution < -0.4 is 5.90 Å². The summed E-state index contributed by atoms with van der Waals surface area (Å²) in [7, 11) is 0. The second-order valence-corrected chi connectivity index (χ2v) is 2.37. The maximum absolute atomic E-state index is 9.06. The number of rotatable bonds is 2. The molecule has 11 heavy (non-hydrogen) atoms. The van der Waals surface area contributed by atoms with Gasteiger partial charge in [-0.1, -0.05) is 12.1 Å². The fourth-order valence-electron chi connectivity index (χ4n) is 0.856. The first-order valence-corrected chi connectivity index (χ1v) is 3.38. The Morgan fingerprint density at radius 2 is 2.27 bits per heavy atom. The SMILES string of the molecule is CC(ON)c1cccc(O)c1. The Balaban J connectivity index is 2.86. The molecule has 1 aromatic carbocycles. The molecule has 0 radical (unpaired) electrons. The third-order valence-corrected chi connectivity index (χ3v) is 1.54. The zero-order valence-electron chi connectivity index (χ0n) is 6.32. The molecule has 0 aliphatic carbocycles. The molecular weight excluding hydrogens is 142 g/mol. The highest BCUT2D eigenvalue weighted by Crippen LogP contribution is 2.18. The first-order valence-electron chi connectivity index (χ1n) is 3.38. The predicted molar refractivity (Wildman–Crippen MR) is 41.8 cm³/mol. The van der Waals surface area contributed by atoms with Crippen LogP contribution in [0.25, 0.3) is 0 Å². The number of hydrogen-bond acceptors (Lipinski definition) is 3. The molecule has 3 N–H and O–H groups in total. The molecule has 1 aromatic rings. The number of phenols is 1. The van der Waals surface area contributed by atoms with E-state index in [9.17, 15) is 0 Å². The second kappa shape index (κ2) is 3.37. The molecule has 0 heterocycles. The molecule has 0 aliphatic heterocycles. The molecule has 0 aromatic heterocycles. The summed E-state index contributed by atoms with van der Waals surface area (Å²) in [6.07, 6.45) is -0.179. The minimum absolute atomic E-state index is 0.179. The maximum atomic E-state index is 9.06. The van der Waals surface area contributed by atoms with Gasteiger partial charge in [0.05, 0.1) is 0 Å². The number of aromatic hydroxyl groups is 1. The van der Waals surface area contributed by atoms with Crippen molar-refractivity contribution in [3.63, 3.8) is 0 Å². The van der Waals surface area contributed by atoms with Gasteiger partial charge in [0.2, 0.25) is 0 Å². The number of hydrogen-bond donors (Lipinski definition) is 2. The summed E-state index contributed by atoms with van der Waals surface area (Å²) in [5, 5.41) is 9.06. The van der Waals surface area contributed by atoms with E-state index in [4.69, 9.17) is 11.0 Å². The van der Waals surface area contributed by atoms with Crippen molar-refractivity contribution < 1.29 is 9.94 Å². The van der Waals surface area contributed by atoms with Crippen molar-refractivity contribution in [3.05, 3.63) is 29.8 Å². The molecule has 1 unspecified atom stereocenters. The Morgan fingerprint density at radius 3 is 2.82 bits per heavy atom. The fourth-order valence-corrected chi connectivity index (χ4v) is 0.856. The Kier molecular flexibility index (Phi) is 2.46. The molecule has 0 aliphatic rings. The number of nitrogens with two attached hydrogens (primary N) is 1. The molecule has 0 spiro atoms. The lowest BCUT2D eigenvalue weighted by molar-refractivity contribution is 0.0662. The molecule has 3 nitrogen and oxygen atoms in total. The van der Waals surface area contributed by atoms with Crippen LogP contribution in [-0.2, 0) is 4.84 Å². The molecule has 0 saturated carbocycles. The third kappa shape index (κ3) is 1.93. The van der Waals surface area contributed by atoms with Gasteiger partial charge in [0, 0.05) is 0 Å².